The zero-order valence-electron chi connectivity index (χ0n) is 10.5. The first-order chi connectivity index (χ1) is 8.97. The van der Waals surface area contributed by atoms with E-state index < -0.39 is 12.1 Å². The Kier molecular flexibility index (Phi) is 4.87. The van der Waals surface area contributed by atoms with Crippen LogP contribution in [0.3, 0.4) is 0 Å². The zero-order chi connectivity index (χ0) is 13.9. The van der Waals surface area contributed by atoms with Crippen molar-refractivity contribution in [1.29, 1.82) is 0 Å². The van der Waals surface area contributed by atoms with E-state index in [0.717, 1.165) is 12.1 Å². The minimum absolute atomic E-state index is 0.0764. The lowest BCUT2D eigenvalue weighted by molar-refractivity contribution is -0.185. The Morgan fingerprint density at radius 3 is 2.74 bits per heavy atom. The van der Waals surface area contributed by atoms with Crippen LogP contribution in [0.5, 0.6) is 0 Å². The van der Waals surface area contributed by atoms with Gasteiger partial charge < -0.3 is 0 Å². The highest BCUT2D eigenvalue weighted by Crippen LogP contribution is 2.42. The van der Waals surface area contributed by atoms with E-state index in [9.17, 15) is 13.2 Å². The van der Waals surface area contributed by atoms with Gasteiger partial charge in [-0.25, -0.2) is 0 Å². The first kappa shape index (κ1) is 14.8. The van der Waals surface area contributed by atoms with Crippen LogP contribution < -0.4 is 0 Å². The van der Waals surface area contributed by atoms with E-state index in [1.54, 1.807) is 6.20 Å². The maximum atomic E-state index is 12.8. The molecule has 3 atom stereocenters. The molecule has 0 bridgehead atoms. The van der Waals surface area contributed by atoms with Crippen LogP contribution in [0.1, 0.15) is 31.4 Å². The zero-order valence-corrected chi connectivity index (χ0v) is 12.1. The molecule has 0 N–H and O–H groups in total. The van der Waals surface area contributed by atoms with E-state index in [1.807, 2.05) is 18.2 Å². The maximum absolute atomic E-state index is 12.8. The molecule has 1 aromatic heterocycles. The van der Waals surface area contributed by atoms with Crippen LogP contribution in [-0.2, 0) is 6.42 Å². The summed E-state index contributed by atoms with van der Waals surface area (Å²) in [6.07, 6.45) is 0.422. The smallest absolute Gasteiger partial charge is 0.261 e. The normalized spacial score (nSPS) is 26.1. The highest BCUT2D eigenvalue weighted by molar-refractivity contribution is 9.09. The summed E-state index contributed by atoms with van der Waals surface area (Å²) < 4.78 is 38.3. The topological polar surface area (TPSA) is 12.9 Å². The summed E-state index contributed by atoms with van der Waals surface area (Å²) in [5.74, 6) is -1.04. The van der Waals surface area contributed by atoms with Crippen LogP contribution >= 0.6 is 15.9 Å². The first-order valence-electron chi connectivity index (χ1n) is 6.57. The number of halogens is 4. The van der Waals surface area contributed by atoms with Crippen molar-refractivity contribution in [2.75, 3.05) is 0 Å². The van der Waals surface area contributed by atoms with Gasteiger partial charge in [-0.2, -0.15) is 13.2 Å². The van der Waals surface area contributed by atoms with Crippen LogP contribution in [0.2, 0.25) is 0 Å². The van der Waals surface area contributed by atoms with Crippen molar-refractivity contribution < 1.29 is 13.2 Å². The molecule has 1 saturated carbocycles. The van der Waals surface area contributed by atoms with Gasteiger partial charge in [0.15, 0.2) is 0 Å². The molecule has 1 nitrogen and oxygen atoms in total. The fourth-order valence-electron chi connectivity index (χ4n) is 2.74. The van der Waals surface area contributed by atoms with Crippen LogP contribution in [0.4, 0.5) is 13.2 Å². The summed E-state index contributed by atoms with van der Waals surface area (Å²) in [5, 5.41) is 0. The Morgan fingerprint density at radius 2 is 2.11 bits per heavy atom. The molecular formula is C14H17BrF3N. The van der Waals surface area contributed by atoms with Crippen molar-refractivity contribution in [2.24, 2.45) is 11.8 Å². The summed E-state index contributed by atoms with van der Waals surface area (Å²) in [6.45, 7) is 0. The minimum Gasteiger partial charge on any atom is -0.261 e. The van der Waals surface area contributed by atoms with Gasteiger partial charge in [-0.15, -0.1) is 0 Å². The Balaban J connectivity index is 1.94. The highest BCUT2D eigenvalue weighted by Gasteiger charge is 2.43. The van der Waals surface area contributed by atoms with Crippen molar-refractivity contribution in [1.82, 2.24) is 4.98 Å². The SMILES string of the molecule is FC(F)(F)C1CCCC(C(Br)Cc2ccccn2)C1. The molecule has 1 heterocycles. The number of pyridine rings is 1. The third-order valence-electron chi connectivity index (χ3n) is 3.82. The molecule has 19 heavy (non-hydrogen) atoms. The summed E-state index contributed by atoms with van der Waals surface area (Å²) in [5.41, 5.74) is 0.929. The van der Waals surface area contributed by atoms with Crippen LogP contribution in [0, 0.1) is 11.8 Å². The Labute approximate surface area is 119 Å². The number of alkyl halides is 4. The maximum Gasteiger partial charge on any atom is 0.391 e. The van der Waals surface area contributed by atoms with Crippen LogP contribution in [0.25, 0.3) is 0 Å². The lowest BCUT2D eigenvalue weighted by Gasteiger charge is -2.33. The van der Waals surface area contributed by atoms with Gasteiger partial charge in [-0.3, -0.25) is 4.98 Å². The molecule has 0 radical (unpaired) electrons. The highest BCUT2D eigenvalue weighted by atomic mass is 79.9. The van der Waals surface area contributed by atoms with E-state index in [4.69, 9.17) is 0 Å². The lowest BCUT2D eigenvalue weighted by atomic mass is 9.78. The van der Waals surface area contributed by atoms with E-state index in [-0.39, 0.29) is 23.6 Å². The van der Waals surface area contributed by atoms with Crippen molar-refractivity contribution in [3.63, 3.8) is 0 Å². The quantitative estimate of drug-likeness (QED) is 0.726. The fraction of sp³-hybridized carbons (Fsp3) is 0.643. The summed E-state index contributed by atoms with van der Waals surface area (Å²) in [7, 11) is 0. The second-order valence-corrected chi connectivity index (χ2v) is 6.38. The summed E-state index contributed by atoms with van der Waals surface area (Å²) in [6, 6.07) is 5.66. The van der Waals surface area contributed by atoms with Gasteiger partial charge >= 0.3 is 6.18 Å². The predicted molar refractivity (Wildman–Crippen MR) is 72.2 cm³/mol. The molecule has 1 aliphatic carbocycles. The fourth-order valence-corrected chi connectivity index (χ4v) is 3.55. The van der Waals surface area contributed by atoms with Crippen LogP contribution in [0.15, 0.2) is 24.4 Å². The van der Waals surface area contributed by atoms with Gasteiger partial charge in [-0.1, -0.05) is 28.4 Å². The number of aromatic nitrogens is 1. The van der Waals surface area contributed by atoms with Gasteiger partial charge in [-0.05, 0) is 37.3 Å². The van der Waals surface area contributed by atoms with E-state index in [2.05, 4.69) is 20.9 Å². The molecule has 0 saturated heterocycles. The largest absolute Gasteiger partial charge is 0.391 e. The molecular weight excluding hydrogens is 319 g/mol. The molecule has 3 unspecified atom stereocenters. The number of nitrogens with zero attached hydrogens (tertiary/aromatic N) is 1. The Morgan fingerprint density at radius 1 is 1.32 bits per heavy atom. The average Bonchev–Trinajstić information content (AvgIpc) is 2.39. The molecule has 106 valence electrons. The molecule has 0 amide bonds. The van der Waals surface area contributed by atoms with E-state index >= 15 is 0 Å². The summed E-state index contributed by atoms with van der Waals surface area (Å²) in [4.78, 5) is 4.31. The average molecular weight is 336 g/mol. The molecule has 1 aliphatic rings. The number of hydrogen-bond acceptors (Lipinski definition) is 1. The van der Waals surface area contributed by atoms with Gasteiger partial charge in [0.05, 0.1) is 5.92 Å². The third-order valence-corrected chi connectivity index (χ3v) is 4.89. The molecule has 0 spiro atoms. The first-order valence-corrected chi connectivity index (χ1v) is 7.49. The standard InChI is InChI=1S/C14H17BrF3N/c15-13(9-12-6-1-2-7-19-12)10-4-3-5-11(8-10)14(16,17)18/h1-2,6-7,10-11,13H,3-5,8-9H2. The van der Waals surface area contributed by atoms with E-state index in [1.165, 1.54) is 0 Å². The minimum atomic E-state index is -4.05. The Bertz CT molecular complexity index is 393. The molecule has 0 aliphatic heterocycles. The van der Waals surface area contributed by atoms with E-state index in [0.29, 0.717) is 12.8 Å². The Hall–Kier alpha value is -0.580. The van der Waals surface area contributed by atoms with Crippen LogP contribution in [-0.4, -0.2) is 16.0 Å². The van der Waals surface area contributed by atoms with Crippen molar-refractivity contribution in [2.45, 2.75) is 43.1 Å². The second-order valence-electron chi connectivity index (χ2n) is 5.21. The molecule has 1 aromatic rings. The number of rotatable bonds is 3. The lowest BCUT2D eigenvalue weighted by Crippen LogP contribution is -2.32. The second kappa shape index (κ2) is 6.25. The van der Waals surface area contributed by atoms with Crippen molar-refractivity contribution in [3.05, 3.63) is 30.1 Å². The van der Waals surface area contributed by atoms with Gasteiger partial charge in [0, 0.05) is 23.1 Å². The number of hydrogen-bond donors (Lipinski definition) is 0. The monoisotopic (exact) mass is 335 g/mol. The molecule has 5 heteroatoms. The predicted octanol–water partition coefficient (Wildman–Crippen LogP) is 4.76. The third kappa shape index (κ3) is 4.20. The summed E-state index contributed by atoms with van der Waals surface area (Å²) >= 11 is 3.56. The van der Waals surface area contributed by atoms with Crippen molar-refractivity contribution >= 4 is 15.9 Å². The van der Waals surface area contributed by atoms with Gasteiger partial charge in [0.1, 0.15) is 0 Å². The molecule has 2 rings (SSSR count). The van der Waals surface area contributed by atoms with Gasteiger partial charge in [0.25, 0.3) is 0 Å². The molecule has 0 aromatic carbocycles. The molecule has 1 fully saturated rings. The van der Waals surface area contributed by atoms with Gasteiger partial charge in [0.2, 0.25) is 0 Å². The van der Waals surface area contributed by atoms with Crippen molar-refractivity contribution in [3.8, 4) is 0 Å².